The topological polar surface area (TPSA) is 55.1 Å². The van der Waals surface area contributed by atoms with Gasteiger partial charge in [0.1, 0.15) is 5.82 Å². The largest absolute Gasteiger partial charge is 0.396 e. The third-order valence-corrected chi connectivity index (χ3v) is 1.88. The number of halogens is 1. The molecule has 0 fully saturated rings. The van der Waals surface area contributed by atoms with Gasteiger partial charge in [-0.05, 0) is 37.6 Å². The fraction of sp³-hybridized carbons (Fsp3) is 0.250. The van der Waals surface area contributed by atoms with Crippen molar-refractivity contribution < 1.29 is 9.18 Å². The minimum absolute atomic E-state index is 0.0754. The van der Waals surface area contributed by atoms with Gasteiger partial charge < -0.3 is 11.1 Å². The highest BCUT2D eigenvalue weighted by Gasteiger charge is 1.99. The van der Waals surface area contributed by atoms with E-state index in [0.29, 0.717) is 5.56 Å². The van der Waals surface area contributed by atoms with Crippen LogP contribution in [0.4, 0.5) is 10.1 Å². The smallest absolute Gasteiger partial charge is 0.244 e. The molecule has 0 spiro atoms. The van der Waals surface area contributed by atoms with Crippen molar-refractivity contribution in [2.75, 3.05) is 5.73 Å². The number of amides is 1. The Morgan fingerprint density at radius 1 is 1.50 bits per heavy atom. The zero-order valence-electron chi connectivity index (χ0n) is 9.33. The van der Waals surface area contributed by atoms with Crippen LogP contribution in [-0.2, 0) is 4.79 Å². The lowest BCUT2D eigenvalue weighted by atomic mass is 10.2. The first-order chi connectivity index (χ1) is 7.49. The van der Waals surface area contributed by atoms with Crippen LogP contribution in [0.5, 0.6) is 0 Å². The number of carbonyl (C=O) groups is 1. The van der Waals surface area contributed by atoms with Gasteiger partial charge in [-0.2, -0.15) is 0 Å². The van der Waals surface area contributed by atoms with E-state index in [0.717, 1.165) is 0 Å². The van der Waals surface area contributed by atoms with Crippen molar-refractivity contribution in [1.82, 2.24) is 5.32 Å². The maximum absolute atomic E-state index is 12.8. The molecule has 3 N–H and O–H groups in total. The van der Waals surface area contributed by atoms with Crippen LogP contribution in [0.25, 0.3) is 6.08 Å². The molecule has 1 aromatic rings. The van der Waals surface area contributed by atoms with E-state index in [9.17, 15) is 9.18 Å². The van der Waals surface area contributed by atoms with Gasteiger partial charge in [0.05, 0.1) is 5.69 Å². The molecule has 86 valence electrons. The molecule has 4 heteroatoms. The monoisotopic (exact) mass is 222 g/mol. The lowest BCUT2D eigenvalue weighted by Crippen LogP contribution is -2.28. The molecule has 0 aliphatic rings. The Bertz CT molecular complexity index is 413. The Morgan fingerprint density at radius 2 is 2.19 bits per heavy atom. The Morgan fingerprint density at radius 3 is 2.75 bits per heavy atom. The predicted molar refractivity (Wildman–Crippen MR) is 63.1 cm³/mol. The summed E-state index contributed by atoms with van der Waals surface area (Å²) in [4.78, 5) is 11.3. The summed E-state index contributed by atoms with van der Waals surface area (Å²) in [5.74, 6) is -0.637. The number of hydrogen-bond donors (Lipinski definition) is 2. The summed E-state index contributed by atoms with van der Waals surface area (Å²) in [6.45, 7) is 3.75. The van der Waals surface area contributed by atoms with Crippen molar-refractivity contribution in [3.8, 4) is 0 Å². The molecule has 0 bridgehead atoms. The molecule has 0 radical (unpaired) electrons. The van der Waals surface area contributed by atoms with E-state index in [1.807, 2.05) is 13.8 Å². The number of rotatable bonds is 3. The van der Waals surface area contributed by atoms with Crippen LogP contribution >= 0.6 is 0 Å². The summed E-state index contributed by atoms with van der Waals surface area (Å²) in [7, 11) is 0. The molecule has 0 saturated heterocycles. The standard InChI is InChI=1S/C12H15FN2O/c1-8(2)15-12(16)6-4-9-3-5-10(13)11(14)7-9/h3-8H,14H2,1-2H3,(H,15,16)/b6-4+. The number of hydrogen-bond acceptors (Lipinski definition) is 2. The van der Waals surface area contributed by atoms with Crippen LogP contribution in [0.1, 0.15) is 19.4 Å². The van der Waals surface area contributed by atoms with E-state index in [1.54, 1.807) is 12.1 Å². The predicted octanol–water partition coefficient (Wildman–Crippen LogP) is 1.95. The molecular weight excluding hydrogens is 207 g/mol. The summed E-state index contributed by atoms with van der Waals surface area (Å²) < 4.78 is 12.8. The fourth-order valence-electron chi connectivity index (χ4n) is 1.17. The second kappa shape index (κ2) is 5.30. The lowest BCUT2D eigenvalue weighted by Gasteiger charge is -2.04. The van der Waals surface area contributed by atoms with Crippen molar-refractivity contribution in [3.63, 3.8) is 0 Å². The van der Waals surface area contributed by atoms with Crippen LogP contribution in [0.15, 0.2) is 24.3 Å². The van der Waals surface area contributed by atoms with Crippen LogP contribution in [-0.4, -0.2) is 11.9 Å². The molecule has 3 nitrogen and oxygen atoms in total. The Labute approximate surface area is 94.1 Å². The third kappa shape index (κ3) is 3.73. The van der Waals surface area contributed by atoms with E-state index in [-0.39, 0.29) is 17.6 Å². The first-order valence-electron chi connectivity index (χ1n) is 5.02. The molecule has 1 rings (SSSR count). The quantitative estimate of drug-likeness (QED) is 0.606. The van der Waals surface area contributed by atoms with Gasteiger partial charge >= 0.3 is 0 Å². The maximum atomic E-state index is 12.8. The Kier molecular flexibility index (Phi) is 4.05. The highest BCUT2D eigenvalue weighted by molar-refractivity contribution is 5.91. The third-order valence-electron chi connectivity index (χ3n) is 1.88. The average molecular weight is 222 g/mol. The zero-order chi connectivity index (χ0) is 12.1. The van der Waals surface area contributed by atoms with Crippen molar-refractivity contribution in [2.45, 2.75) is 19.9 Å². The number of benzene rings is 1. The van der Waals surface area contributed by atoms with E-state index in [4.69, 9.17) is 5.73 Å². The lowest BCUT2D eigenvalue weighted by molar-refractivity contribution is -0.116. The number of nitrogen functional groups attached to an aromatic ring is 1. The molecule has 0 heterocycles. The molecule has 0 aromatic heterocycles. The van der Waals surface area contributed by atoms with E-state index in [2.05, 4.69) is 5.32 Å². The van der Waals surface area contributed by atoms with Gasteiger partial charge in [0.2, 0.25) is 5.91 Å². The van der Waals surface area contributed by atoms with Crippen molar-refractivity contribution in [2.24, 2.45) is 0 Å². The fourth-order valence-corrected chi connectivity index (χ4v) is 1.17. The normalized spacial score (nSPS) is 11.0. The van der Waals surface area contributed by atoms with Crippen molar-refractivity contribution >= 4 is 17.7 Å². The zero-order valence-corrected chi connectivity index (χ0v) is 9.33. The van der Waals surface area contributed by atoms with Crippen LogP contribution < -0.4 is 11.1 Å². The maximum Gasteiger partial charge on any atom is 0.244 e. The summed E-state index contributed by atoms with van der Waals surface area (Å²) in [6, 6.07) is 4.41. The van der Waals surface area contributed by atoms with Gasteiger partial charge in [-0.15, -0.1) is 0 Å². The summed E-state index contributed by atoms with van der Waals surface area (Å²) in [5, 5.41) is 2.71. The number of carbonyl (C=O) groups excluding carboxylic acids is 1. The molecule has 1 aromatic carbocycles. The van der Waals surface area contributed by atoms with E-state index < -0.39 is 5.82 Å². The molecular formula is C12H15FN2O. The average Bonchev–Trinajstić information content (AvgIpc) is 2.19. The van der Waals surface area contributed by atoms with Crippen molar-refractivity contribution in [1.29, 1.82) is 0 Å². The molecule has 1 amide bonds. The first kappa shape index (κ1) is 12.2. The summed E-state index contributed by atoms with van der Waals surface area (Å²) >= 11 is 0. The molecule has 0 unspecified atom stereocenters. The van der Waals surface area contributed by atoms with Gasteiger partial charge in [-0.3, -0.25) is 4.79 Å². The van der Waals surface area contributed by atoms with Gasteiger partial charge in [0.25, 0.3) is 0 Å². The van der Waals surface area contributed by atoms with Gasteiger partial charge in [-0.1, -0.05) is 6.07 Å². The first-order valence-corrected chi connectivity index (χ1v) is 5.02. The second-order valence-corrected chi connectivity index (χ2v) is 3.78. The second-order valence-electron chi connectivity index (χ2n) is 3.78. The van der Waals surface area contributed by atoms with Crippen molar-refractivity contribution in [3.05, 3.63) is 35.7 Å². The van der Waals surface area contributed by atoms with Crippen LogP contribution in [0.3, 0.4) is 0 Å². The van der Waals surface area contributed by atoms with Gasteiger partial charge in [0, 0.05) is 12.1 Å². The summed E-state index contributed by atoms with van der Waals surface area (Å²) in [6.07, 6.45) is 2.99. The molecule has 0 aliphatic carbocycles. The Balaban J connectivity index is 2.69. The van der Waals surface area contributed by atoms with Gasteiger partial charge in [-0.25, -0.2) is 4.39 Å². The van der Waals surface area contributed by atoms with Crippen LogP contribution in [0, 0.1) is 5.82 Å². The van der Waals surface area contributed by atoms with E-state index in [1.165, 1.54) is 18.2 Å². The molecule has 0 saturated carbocycles. The number of nitrogens with one attached hydrogen (secondary N) is 1. The summed E-state index contributed by atoms with van der Waals surface area (Å²) in [5.41, 5.74) is 6.17. The minimum atomic E-state index is -0.455. The Hall–Kier alpha value is -1.84. The van der Waals surface area contributed by atoms with E-state index >= 15 is 0 Å². The highest BCUT2D eigenvalue weighted by Crippen LogP contribution is 2.13. The van der Waals surface area contributed by atoms with Gasteiger partial charge in [0.15, 0.2) is 0 Å². The highest BCUT2D eigenvalue weighted by atomic mass is 19.1. The number of anilines is 1. The minimum Gasteiger partial charge on any atom is -0.396 e. The SMILES string of the molecule is CC(C)NC(=O)/C=C/c1ccc(F)c(N)c1. The molecule has 0 aliphatic heterocycles. The molecule has 16 heavy (non-hydrogen) atoms. The van der Waals surface area contributed by atoms with Crippen LogP contribution in [0.2, 0.25) is 0 Å². The number of nitrogens with two attached hydrogens (primary N) is 1. The molecule has 0 atom stereocenters.